The smallest absolute Gasteiger partial charge is 0.337 e. The molecule has 0 aliphatic carbocycles. The van der Waals surface area contributed by atoms with E-state index in [0.717, 1.165) is 11.1 Å². The predicted molar refractivity (Wildman–Crippen MR) is 109 cm³/mol. The van der Waals surface area contributed by atoms with E-state index in [4.69, 9.17) is 4.74 Å². The Bertz CT molecular complexity index is 931. The van der Waals surface area contributed by atoms with Crippen LogP contribution in [0.1, 0.15) is 11.1 Å². The van der Waals surface area contributed by atoms with E-state index in [1.165, 1.54) is 0 Å². The maximum atomic E-state index is 12.0. The fourth-order valence-electron chi connectivity index (χ4n) is 2.75. The first-order valence-electron chi connectivity index (χ1n) is 9.14. The van der Waals surface area contributed by atoms with Gasteiger partial charge in [0.05, 0.1) is 0 Å². The molecule has 5 amide bonds. The van der Waals surface area contributed by atoms with Crippen molar-refractivity contribution < 1.29 is 19.1 Å². The molecule has 4 N–H and O–H groups in total. The molecular formula is C20H23N5O4. The van der Waals surface area contributed by atoms with Gasteiger partial charge in [0.25, 0.3) is 5.91 Å². The second kappa shape index (κ2) is 8.96. The van der Waals surface area contributed by atoms with Gasteiger partial charge in [0.1, 0.15) is 5.75 Å². The zero-order valence-electron chi connectivity index (χ0n) is 16.2. The molecule has 1 aliphatic heterocycles. The molecule has 9 nitrogen and oxygen atoms in total. The van der Waals surface area contributed by atoms with Crippen LogP contribution >= 0.6 is 0 Å². The quantitative estimate of drug-likeness (QED) is 0.579. The van der Waals surface area contributed by atoms with Crippen molar-refractivity contribution in [3.05, 3.63) is 53.6 Å². The molecule has 0 saturated carbocycles. The maximum Gasteiger partial charge on any atom is 0.337 e. The summed E-state index contributed by atoms with van der Waals surface area (Å²) in [5.74, 6) is 0.0799. The third-order valence-electron chi connectivity index (χ3n) is 4.44. The van der Waals surface area contributed by atoms with Crippen LogP contribution in [-0.2, 0) is 4.79 Å². The standard InChI is InChI=1S/C20H23N5O4/c1-13-6-7-17(10-14(13)2)29-12-18(26)23-24-19(27)22-15-4-3-5-16(11-15)25-9-8-21-20(25)28/h3-7,10-11H,8-9,12H2,1-2H3,(H,21,28)(H,23,26)(H2,22,24,27). The van der Waals surface area contributed by atoms with Gasteiger partial charge in [-0.2, -0.15) is 0 Å². The van der Waals surface area contributed by atoms with Crippen LogP contribution in [0.25, 0.3) is 0 Å². The summed E-state index contributed by atoms with van der Waals surface area (Å²) in [5, 5.41) is 5.32. The molecule has 1 heterocycles. The van der Waals surface area contributed by atoms with Gasteiger partial charge in [0, 0.05) is 24.5 Å². The Balaban J connectivity index is 1.45. The molecule has 2 aromatic carbocycles. The van der Waals surface area contributed by atoms with Crippen LogP contribution in [0.3, 0.4) is 0 Å². The first-order valence-corrected chi connectivity index (χ1v) is 9.14. The Morgan fingerprint density at radius 3 is 2.66 bits per heavy atom. The summed E-state index contributed by atoms with van der Waals surface area (Å²) >= 11 is 0. The summed E-state index contributed by atoms with van der Waals surface area (Å²) in [6.07, 6.45) is 0. The highest BCUT2D eigenvalue weighted by Gasteiger charge is 2.21. The molecule has 152 valence electrons. The van der Waals surface area contributed by atoms with Crippen LogP contribution in [-0.4, -0.2) is 37.7 Å². The largest absolute Gasteiger partial charge is 0.484 e. The number of hydrogen-bond acceptors (Lipinski definition) is 4. The number of ether oxygens (including phenoxy) is 1. The van der Waals surface area contributed by atoms with Crippen LogP contribution in [0.2, 0.25) is 0 Å². The average Bonchev–Trinajstić information content (AvgIpc) is 3.13. The number of nitrogens with one attached hydrogen (secondary N) is 4. The maximum absolute atomic E-state index is 12.0. The van der Waals surface area contributed by atoms with Crippen molar-refractivity contribution in [3.8, 4) is 5.75 Å². The number of nitrogens with zero attached hydrogens (tertiary/aromatic N) is 1. The molecular weight excluding hydrogens is 374 g/mol. The lowest BCUT2D eigenvalue weighted by Crippen LogP contribution is -2.45. The van der Waals surface area contributed by atoms with E-state index in [1.54, 1.807) is 35.2 Å². The summed E-state index contributed by atoms with van der Waals surface area (Å²) in [5.41, 5.74) is 7.89. The lowest BCUT2D eigenvalue weighted by atomic mass is 10.1. The highest BCUT2D eigenvalue weighted by atomic mass is 16.5. The molecule has 1 aliphatic rings. The number of anilines is 2. The molecule has 0 radical (unpaired) electrons. The number of aryl methyl sites for hydroxylation is 2. The Morgan fingerprint density at radius 2 is 1.93 bits per heavy atom. The molecule has 29 heavy (non-hydrogen) atoms. The number of amides is 5. The van der Waals surface area contributed by atoms with E-state index in [1.807, 2.05) is 26.0 Å². The number of hydrazine groups is 1. The highest BCUT2D eigenvalue weighted by molar-refractivity contribution is 5.96. The molecule has 1 fully saturated rings. The zero-order valence-corrected chi connectivity index (χ0v) is 16.2. The lowest BCUT2D eigenvalue weighted by Gasteiger charge is -2.15. The van der Waals surface area contributed by atoms with E-state index in [9.17, 15) is 14.4 Å². The third kappa shape index (κ3) is 5.38. The first-order chi connectivity index (χ1) is 13.9. The van der Waals surface area contributed by atoms with Gasteiger partial charge >= 0.3 is 12.1 Å². The number of hydrogen-bond donors (Lipinski definition) is 4. The van der Waals surface area contributed by atoms with Gasteiger partial charge in [-0.3, -0.25) is 15.1 Å². The van der Waals surface area contributed by atoms with E-state index in [0.29, 0.717) is 30.2 Å². The number of benzene rings is 2. The van der Waals surface area contributed by atoms with Crippen molar-refractivity contribution in [1.29, 1.82) is 0 Å². The van der Waals surface area contributed by atoms with Gasteiger partial charge in [-0.05, 0) is 55.3 Å². The van der Waals surface area contributed by atoms with Gasteiger partial charge in [-0.1, -0.05) is 12.1 Å². The zero-order chi connectivity index (χ0) is 20.8. The Labute approximate surface area is 168 Å². The number of carbonyl (C=O) groups excluding carboxylic acids is 3. The molecule has 0 aromatic heterocycles. The highest BCUT2D eigenvalue weighted by Crippen LogP contribution is 2.21. The van der Waals surface area contributed by atoms with E-state index >= 15 is 0 Å². The van der Waals surface area contributed by atoms with Gasteiger partial charge in [-0.25, -0.2) is 15.0 Å². The summed E-state index contributed by atoms with van der Waals surface area (Å²) in [6.45, 7) is 4.85. The molecule has 0 unspecified atom stereocenters. The van der Waals surface area contributed by atoms with Crippen LogP contribution in [0.4, 0.5) is 21.0 Å². The van der Waals surface area contributed by atoms with E-state index in [-0.39, 0.29) is 12.6 Å². The molecule has 2 aromatic rings. The average molecular weight is 397 g/mol. The van der Waals surface area contributed by atoms with Crippen LogP contribution < -0.4 is 31.1 Å². The van der Waals surface area contributed by atoms with Crippen LogP contribution in [0.15, 0.2) is 42.5 Å². The van der Waals surface area contributed by atoms with Crippen molar-refractivity contribution in [1.82, 2.24) is 16.2 Å². The molecule has 0 atom stereocenters. The van der Waals surface area contributed by atoms with Crippen LogP contribution in [0.5, 0.6) is 5.75 Å². The van der Waals surface area contributed by atoms with E-state index < -0.39 is 11.9 Å². The minimum Gasteiger partial charge on any atom is -0.484 e. The topological polar surface area (TPSA) is 112 Å². The van der Waals surface area contributed by atoms with Gasteiger partial charge in [-0.15, -0.1) is 0 Å². The molecule has 9 heteroatoms. The van der Waals surface area contributed by atoms with Crippen molar-refractivity contribution >= 4 is 29.3 Å². The lowest BCUT2D eigenvalue weighted by molar-refractivity contribution is -0.123. The molecule has 3 rings (SSSR count). The van der Waals surface area contributed by atoms with Crippen molar-refractivity contribution in [3.63, 3.8) is 0 Å². The monoisotopic (exact) mass is 397 g/mol. The second-order valence-electron chi connectivity index (χ2n) is 6.60. The SMILES string of the molecule is Cc1ccc(OCC(=O)NNC(=O)Nc2cccc(N3CCNC3=O)c2)cc1C. The number of rotatable bonds is 5. The second-order valence-corrected chi connectivity index (χ2v) is 6.60. The summed E-state index contributed by atoms with van der Waals surface area (Å²) in [6, 6.07) is 11.6. The van der Waals surface area contributed by atoms with Crippen molar-refractivity contribution in [2.75, 3.05) is 29.9 Å². The molecule has 0 bridgehead atoms. The third-order valence-corrected chi connectivity index (χ3v) is 4.44. The van der Waals surface area contributed by atoms with Gasteiger partial charge in [0.2, 0.25) is 0 Å². The predicted octanol–water partition coefficient (Wildman–Crippen LogP) is 2.06. The molecule has 1 saturated heterocycles. The summed E-state index contributed by atoms with van der Waals surface area (Å²) in [7, 11) is 0. The summed E-state index contributed by atoms with van der Waals surface area (Å²) in [4.78, 5) is 37.2. The number of urea groups is 2. The van der Waals surface area contributed by atoms with Crippen molar-refractivity contribution in [2.45, 2.75) is 13.8 Å². The Morgan fingerprint density at radius 1 is 1.10 bits per heavy atom. The first kappa shape index (κ1) is 20.0. The summed E-state index contributed by atoms with van der Waals surface area (Å²) < 4.78 is 5.41. The van der Waals surface area contributed by atoms with Crippen molar-refractivity contribution in [2.24, 2.45) is 0 Å². The van der Waals surface area contributed by atoms with Gasteiger partial charge < -0.3 is 15.4 Å². The van der Waals surface area contributed by atoms with Crippen LogP contribution in [0, 0.1) is 13.8 Å². The van der Waals surface area contributed by atoms with E-state index in [2.05, 4.69) is 21.5 Å². The van der Waals surface area contributed by atoms with Gasteiger partial charge in [0.15, 0.2) is 6.61 Å². The Hall–Kier alpha value is -3.75. The minimum atomic E-state index is -0.618. The molecule has 0 spiro atoms. The number of carbonyl (C=O) groups is 3. The fourth-order valence-corrected chi connectivity index (χ4v) is 2.75. The Kier molecular flexibility index (Phi) is 6.18. The minimum absolute atomic E-state index is 0.178. The fraction of sp³-hybridized carbons (Fsp3) is 0.250. The normalized spacial score (nSPS) is 12.9.